The Morgan fingerprint density at radius 1 is 1.08 bits per heavy atom. The van der Waals surface area contributed by atoms with Crippen molar-refractivity contribution >= 4 is 15.5 Å². The van der Waals surface area contributed by atoms with Crippen LogP contribution in [0, 0.1) is 0 Å². The monoisotopic (exact) mass is 343 g/mol. The summed E-state index contributed by atoms with van der Waals surface area (Å²) >= 11 is 0. The zero-order valence-corrected chi connectivity index (χ0v) is 14.6. The van der Waals surface area contributed by atoms with Crippen LogP contribution in [0.4, 0.5) is 5.69 Å². The molecule has 1 atom stereocenters. The first kappa shape index (κ1) is 15.7. The second kappa shape index (κ2) is 5.60. The van der Waals surface area contributed by atoms with E-state index in [9.17, 15) is 8.42 Å². The van der Waals surface area contributed by atoms with E-state index in [1.54, 1.807) is 12.1 Å². The molecule has 1 saturated heterocycles. The minimum absolute atomic E-state index is 0.232. The summed E-state index contributed by atoms with van der Waals surface area (Å²) in [5, 5.41) is 0. The van der Waals surface area contributed by atoms with Crippen LogP contribution < -0.4 is 4.90 Å². The van der Waals surface area contributed by atoms with Gasteiger partial charge in [0.25, 0.3) is 0 Å². The molecule has 0 N–H and O–H groups in total. The summed E-state index contributed by atoms with van der Waals surface area (Å²) in [5.41, 5.74) is 3.51. The summed E-state index contributed by atoms with van der Waals surface area (Å²) in [6, 6.07) is 15.7. The Morgan fingerprint density at radius 3 is 2.58 bits per heavy atom. The first-order chi connectivity index (χ1) is 11.5. The predicted molar refractivity (Wildman–Crippen MR) is 94.2 cm³/mol. The molecule has 0 radical (unpaired) electrons. The van der Waals surface area contributed by atoms with Crippen molar-refractivity contribution in [1.82, 2.24) is 0 Å². The molecule has 0 amide bonds. The van der Waals surface area contributed by atoms with Crippen LogP contribution in [0.5, 0.6) is 0 Å². The van der Waals surface area contributed by atoms with Gasteiger partial charge < -0.3 is 9.64 Å². The molecule has 126 valence electrons. The van der Waals surface area contributed by atoms with Gasteiger partial charge in [-0.3, -0.25) is 0 Å². The molecule has 1 spiro atoms. The molecule has 4 rings (SSSR count). The van der Waals surface area contributed by atoms with Crippen LogP contribution in [-0.4, -0.2) is 34.4 Å². The second-order valence-corrected chi connectivity index (χ2v) is 8.70. The van der Waals surface area contributed by atoms with E-state index in [0.717, 1.165) is 31.6 Å². The molecule has 2 aromatic rings. The Kier molecular flexibility index (Phi) is 3.66. The number of hydrogen-bond donors (Lipinski definition) is 0. The molecular formula is C19H21NO3S. The zero-order valence-electron chi connectivity index (χ0n) is 13.7. The minimum Gasteiger partial charge on any atom is -0.367 e. The van der Waals surface area contributed by atoms with Crippen molar-refractivity contribution in [1.29, 1.82) is 0 Å². The van der Waals surface area contributed by atoms with E-state index in [1.165, 1.54) is 17.4 Å². The van der Waals surface area contributed by atoms with Gasteiger partial charge in [0.1, 0.15) is 5.60 Å². The molecule has 4 nitrogen and oxygen atoms in total. The van der Waals surface area contributed by atoms with Crippen molar-refractivity contribution in [2.75, 3.05) is 30.9 Å². The van der Waals surface area contributed by atoms with Crippen molar-refractivity contribution in [2.24, 2.45) is 0 Å². The van der Waals surface area contributed by atoms with Gasteiger partial charge >= 0.3 is 0 Å². The van der Waals surface area contributed by atoms with Crippen molar-refractivity contribution in [3.63, 3.8) is 0 Å². The molecule has 24 heavy (non-hydrogen) atoms. The van der Waals surface area contributed by atoms with Gasteiger partial charge in [-0.2, -0.15) is 0 Å². The van der Waals surface area contributed by atoms with Crippen molar-refractivity contribution in [2.45, 2.75) is 23.3 Å². The van der Waals surface area contributed by atoms with Gasteiger partial charge in [-0.1, -0.05) is 24.3 Å². The molecule has 0 aromatic heterocycles. The summed E-state index contributed by atoms with van der Waals surface area (Å²) < 4.78 is 29.5. The lowest BCUT2D eigenvalue weighted by Crippen LogP contribution is -2.49. The van der Waals surface area contributed by atoms with Crippen molar-refractivity contribution < 1.29 is 13.2 Å². The molecule has 5 heteroatoms. The summed E-state index contributed by atoms with van der Waals surface area (Å²) in [7, 11) is -3.16. The maximum Gasteiger partial charge on any atom is 0.175 e. The van der Waals surface area contributed by atoms with Crippen LogP contribution in [0.2, 0.25) is 0 Å². The fraction of sp³-hybridized carbons (Fsp3) is 0.368. The summed E-state index contributed by atoms with van der Waals surface area (Å²) in [4.78, 5) is 2.66. The summed E-state index contributed by atoms with van der Waals surface area (Å²) in [6.45, 7) is 2.31. The zero-order chi connectivity index (χ0) is 16.8. The highest BCUT2D eigenvalue weighted by molar-refractivity contribution is 7.90. The van der Waals surface area contributed by atoms with Gasteiger partial charge in [0.2, 0.25) is 0 Å². The standard InChI is InChI=1S/C19H21NO3S/c1-24(21,22)17-8-6-16(7-9-17)20-12-13-23-19(14-20)11-10-15-4-2-3-5-18(15)19/h2-9H,10-14H2,1H3. The van der Waals surface area contributed by atoms with Crippen LogP contribution in [0.3, 0.4) is 0 Å². The Bertz CT molecular complexity index is 856. The number of benzene rings is 2. The third-order valence-electron chi connectivity index (χ3n) is 5.12. The van der Waals surface area contributed by atoms with Crippen LogP contribution in [0.1, 0.15) is 17.5 Å². The Hall–Kier alpha value is -1.85. The molecule has 0 saturated carbocycles. The van der Waals surface area contributed by atoms with E-state index >= 15 is 0 Å². The number of fused-ring (bicyclic) bond motifs is 2. The number of rotatable bonds is 2. The van der Waals surface area contributed by atoms with Crippen LogP contribution in [0.25, 0.3) is 0 Å². The first-order valence-corrected chi connectivity index (χ1v) is 10.1. The quantitative estimate of drug-likeness (QED) is 0.841. The van der Waals surface area contributed by atoms with Gasteiger partial charge in [0, 0.05) is 18.5 Å². The van der Waals surface area contributed by atoms with Crippen molar-refractivity contribution in [3.05, 3.63) is 59.7 Å². The lowest BCUT2D eigenvalue weighted by Gasteiger charge is -2.42. The highest BCUT2D eigenvalue weighted by Crippen LogP contribution is 2.42. The van der Waals surface area contributed by atoms with Crippen LogP contribution in [0.15, 0.2) is 53.4 Å². The first-order valence-electron chi connectivity index (χ1n) is 8.25. The minimum atomic E-state index is -3.16. The van der Waals surface area contributed by atoms with Crippen molar-refractivity contribution in [3.8, 4) is 0 Å². The Morgan fingerprint density at radius 2 is 1.83 bits per heavy atom. The number of aryl methyl sites for hydroxylation is 1. The summed E-state index contributed by atoms with van der Waals surface area (Å²) in [5.74, 6) is 0. The molecule has 1 unspecified atom stereocenters. The maximum absolute atomic E-state index is 11.6. The van der Waals surface area contributed by atoms with Gasteiger partial charge in [-0.15, -0.1) is 0 Å². The molecule has 2 aliphatic rings. The average molecular weight is 343 g/mol. The molecule has 1 fully saturated rings. The van der Waals surface area contributed by atoms with Gasteiger partial charge in [0.15, 0.2) is 9.84 Å². The van der Waals surface area contributed by atoms with Gasteiger partial charge in [-0.05, 0) is 48.2 Å². The Labute approximate surface area is 143 Å². The normalized spacial score (nSPS) is 23.5. The molecule has 1 heterocycles. The number of anilines is 1. The predicted octanol–water partition coefficient (Wildman–Crippen LogP) is 2.77. The van der Waals surface area contributed by atoms with Crippen LogP contribution in [-0.2, 0) is 26.6 Å². The molecular weight excluding hydrogens is 322 g/mol. The fourth-order valence-electron chi connectivity index (χ4n) is 3.88. The van der Waals surface area contributed by atoms with E-state index in [0.29, 0.717) is 11.5 Å². The third-order valence-corrected chi connectivity index (χ3v) is 6.25. The topological polar surface area (TPSA) is 46.6 Å². The lowest BCUT2D eigenvalue weighted by atomic mass is 9.93. The highest BCUT2D eigenvalue weighted by atomic mass is 32.2. The van der Waals surface area contributed by atoms with E-state index in [4.69, 9.17) is 4.74 Å². The van der Waals surface area contributed by atoms with E-state index in [1.807, 2.05) is 12.1 Å². The molecule has 0 bridgehead atoms. The number of sulfone groups is 1. The lowest BCUT2D eigenvalue weighted by molar-refractivity contribution is -0.0592. The number of ether oxygens (including phenoxy) is 1. The Balaban J connectivity index is 1.62. The van der Waals surface area contributed by atoms with E-state index in [2.05, 4.69) is 29.2 Å². The maximum atomic E-state index is 11.6. The van der Waals surface area contributed by atoms with Crippen LogP contribution >= 0.6 is 0 Å². The van der Waals surface area contributed by atoms with E-state index < -0.39 is 9.84 Å². The van der Waals surface area contributed by atoms with E-state index in [-0.39, 0.29) is 5.60 Å². The van der Waals surface area contributed by atoms with Gasteiger partial charge in [0.05, 0.1) is 18.0 Å². The number of nitrogens with zero attached hydrogens (tertiary/aromatic N) is 1. The third kappa shape index (κ3) is 2.62. The number of hydrogen-bond acceptors (Lipinski definition) is 4. The average Bonchev–Trinajstić information content (AvgIpc) is 2.93. The second-order valence-electron chi connectivity index (χ2n) is 6.69. The largest absolute Gasteiger partial charge is 0.367 e. The smallest absolute Gasteiger partial charge is 0.175 e. The molecule has 2 aromatic carbocycles. The fourth-order valence-corrected chi connectivity index (χ4v) is 4.51. The highest BCUT2D eigenvalue weighted by Gasteiger charge is 2.43. The molecule has 1 aliphatic carbocycles. The SMILES string of the molecule is CS(=O)(=O)c1ccc(N2CCOC3(CCc4ccccc43)C2)cc1. The van der Waals surface area contributed by atoms with Gasteiger partial charge in [-0.25, -0.2) is 8.42 Å². The molecule has 1 aliphatic heterocycles. The summed E-state index contributed by atoms with van der Waals surface area (Å²) in [6.07, 6.45) is 3.29. The number of morpholine rings is 1.